The summed E-state index contributed by atoms with van der Waals surface area (Å²) in [4.78, 5) is 40.2. The van der Waals surface area contributed by atoms with Crippen molar-refractivity contribution in [3.05, 3.63) is 48.0 Å². The van der Waals surface area contributed by atoms with Gasteiger partial charge in [-0.15, -0.1) is 0 Å². The van der Waals surface area contributed by atoms with E-state index in [2.05, 4.69) is 20.9 Å². The Kier molecular flexibility index (Phi) is 7.02. The summed E-state index contributed by atoms with van der Waals surface area (Å²) in [7, 11) is 0. The monoisotopic (exact) mass is 433 g/mol. The van der Waals surface area contributed by atoms with Crippen molar-refractivity contribution in [2.45, 2.75) is 32.7 Å². The van der Waals surface area contributed by atoms with Crippen molar-refractivity contribution in [2.24, 2.45) is 5.73 Å². The van der Waals surface area contributed by atoms with E-state index in [0.717, 1.165) is 6.42 Å². The van der Waals surface area contributed by atoms with E-state index in [1.807, 2.05) is 13.0 Å². The Morgan fingerprint density at radius 2 is 1.84 bits per heavy atom. The zero-order valence-electron chi connectivity index (χ0n) is 17.5. The lowest BCUT2D eigenvalue weighted by atomic mass is 10.2. The first-order chi connectivity index (χ1) is 15.4. The molecule has 0 spiro atoms. The molecule has 164 valence electrons. The molecule has 32 heavy (non-hydrogen) atoms. The topological polar surface area (TPSA) is 155 Å². The third-order valence-electron chi connectivity index (χ3n) is 4.57. The van der Waals surface area contributed by atoms with Crippen molar-refractivity contribution in [1.82, 2.24) is 9.55 Å². The SMILES string of the molecule is CCCC(=O)Nc1ccc2c(c1)nc(NC(=O)Nc1cccc(C#N)c1)n2CCC(N)=O. The van der Waals surface area contributed by atoms with Crippen LogP contribution in [0.2, 0.25) is 0 Å². The van der Waals surface area contributed by atoms with E-state index in [0.29, 0.717) is 34.4 Å². The Hall–Kier alpha value is -4.39. The number of carbonyl (C=O) groups excluding carboxylic acids is 3. The standard InChI is InChI=1S/C22H23N7O3/c1-2-4-20(31)25-16-7-8-18-17(12-16)27-21(29(18)10-9-19(24)30)28-22(32)26-15-6-3-5-14(11-15)13-23/h3,5-8,11-12H,2,4,9-10H2,1H3,(H2,24,30)(H,25,31)(H2,26,27,28,32). The summed E-state index contributed by atoms with van der Waals surface area (Å²) in [6.07, 6.45) is 1.20. The third kappa shape index (κ3) is 5.60. The average molecular weight is 433 g/mol. The highest BCUT2D eigenvalue weighted by atomic mass is 16.2. The van der Waals surface area contributed by atoms with E-state index in [9.17, 15) is 14.4 Å². The molecule has 10 nitrogen and oxygen atoms in total. The fraction of sp³-hybridized carbons (Fsp3) is 0.227. The summed E-state index contributed by atoms with van der Waals surface area (Å²) < 4.78 is 1.67. The number of hydrogen-bond donors (Lipinski definition) is 4. The predicted molar refractivity (Wildman–Crippen MR) is 121 cm³/mol. The fourth-order valence-electron chi connectivity index (χ4n) is 3.13. The number of anilines is 3. The van der Waals surface area contributed by atoms with Crippen LogP contribution < -0.4 is 21.7 Å². The van der Waals surface area contributed by atoms with Gasteiger partial charge in [0.1, 0.15) is 0 Å². The number of primary amides is 1. The second kappa shape index (κ2) is 10.1. The normalized spacial score (nSPS) is 10.4. The maximum atomic E-state index is 12.5. The van der Waals surface area contributed by atoms with Gasteiger partial charge in [0, 0.05) is 30.8 Å². The molecule has 0 aliphatic heterocycles. The lowest BCUT2D eigenvalue weighted by Gasteiger charge is -2.10. The number of carbonyl (C=O) groups is 3. The number of fused-ring (bicyclic) bond motifs is 1. The molecule has 3 rings (SSSR count). The quantitative estimate of drug-likeness (QED) is 0.429. The molecule has 0 aliphatic rings. The molecule has 0 radical (unpaired) electrons. The Labute approximate surface area is 184 Å². The second-order valence-electron chi connectivity index (χ2n) is 7.08. The predicted octanol–water partition coefficient (Wildman–Crippen LogP) is 3.17. The van der Waals surface area contributed by atoms with Gasteiger partial charge in [-0.3, -0.25) is 14.9 Å². The highest BCUT2D eigenvalue weighted by Gasteiger charge is 2.15. The molecule has 0 saturated carbocycles. The van der Waals surface area contributed by atoms with Gasteiger partial charge in [-0.1, -0.05) is 13.0 Å². The number of nitrogens with two attached hydrogens (primary N) is 1. The molecule has 10 heteroatoms. The van der Waals surface area contributed by atoms with Crippen molar-refractivity contribution in [3.63, 3.8) is 0 Å². The number of nitrogens with zero attached hydrogens (tertiary/aromatic N) is 3. The number of nitrogens with one attached hydrogen (secondary N) is 3. The van der Waals surface area contributed by atoms with Crippen molar-refractivity contribution in [1.29, 1.82) is 5.26 Å². The van der Waals surface area contributed by atoms with Crippen LogP contribution in [-0.2, 0) is 16.1 Å². The first-order valence-electron chi connectivity index (χ1n) is 10.1. The fourth-order valence-corrected chi connectivity index (χ4v) is 3.13. The van der Waals surface area contributed by atoms with E-state index in [1.165, 1.54) is 0 Å². The Bertz CT molecular complexity index is 1210. The van der Waals surface area contributed by atoms with Gasteiger partial charge in [0.15, 0.2) is 0 Å². The molecule has 3 aromatic rings. The van der Waals surface area contributed by atoms with E-state index in [4.69, 9.17) is 11.0 Å². The minimum atomic E-state index is -0.563. The highest BCUT2D eigenvalue weighted by Crippen LogP contribution is 2.24. The molecule has 0 unspecified atom stereocenters. The number of urea groups is 1. The van der Waals surface area contributed by atoms with Gasteiger partial charge >= 0.3 is 6.03 Å². The number of benzene rings is 2. The summed E-state index contributed by atoms with van der Waals surface area (Å²) in [6.45, 7) is 2.13. The number of aromatic nitrogens is 2. The van der Waals surface area contributed by atoms with Crippen LogP contribution in [0, 0.1) is 11.3 Å². The summed E-state index contributed by atoms with van der Waals surface area (Å²) >= 11 is 0. The van der Waals surface area contributed by atoms with Crippen LogP contribution in [0.3, 0.4) is 0 Å². The molecule has 5 N–H and O–H groups in total. The summed E-state index contributed by atoms with van der Waals surface area (Å²) in [5, 5.41) is 17.1. The number of rotatable bonds is 8. The molecule has 0 aliphatic carbocycles. The van der Waals surface area contributed by atoms with Gasteiger partial charge in [0.05, 0.1) is 22.7 Å². The molecule has 0 atom stereocenters. The van der Waals surface area contributed by atoms with Crippen LogP contribution in [0.4, 0.5) is 22.1 Å². The second-order valence-corrected chi connectivity index (χ2v) is 7.08. The zero-order valence-corrected chi connectivity index (χ0v) is 17.5. The molecule has 0 fully saturated rings. The van der Waals surface area contributed by atoms with Crippen molar-refractivity contribution in [2.75, 3.05) is 16.0 Å². The van der Waals surface area contributed by atoms with Crippen molar-refractivity contribution >= 4 is 46.2 Å². The van der Waals surface area contributed by atoms with Crippen LogP contribution in [-0.4, -0.2) is 27.4 Å². The molecule has 0 bridgehead atoms. The number of nitriles is 1. The van der Waals surface area contributed by atoms with Crippen molar-refractivity contribution < 1.29 is 14.4 Å². The molecular weight excluding hydrogens is 410 g/mol. The number of hydrogen-bond acceptors (Lipinski definition) is 5. The van der Waals surface area contributed by atoms with Crippen LogP contribution >= 0.6 is 0 Å². The van der Waals surface area contributed by atoms with Gasteiger partial charge < -0.3 is 20.9 Å². The van der Waals surface area contributed by atoms with Gasteiger partial charge in [-0.05, 0) is 42.8 Å². The van der Waals surface area contributed by atoms with E-state index in [-0.39, 0.29) is 24.8 Å². The molecule has 1 heterocycles. The lowest BCUT2D eigenvalue weighted by Crippen LogP contribution is -2.22. The Morgan fingerprint density at radius 1 is 1.06 bits per heavy atom. The number of amides is 4. The summed E-state index contributed by atoms with van der Waals surface area (Å²) in [5.41, 5.74) is 7.94. The minimum Gasteiger partial charge on any atom is -0.370 e. The maximum Gasteiger partial charge on any atom is 0.326 e. The van der Waals surface area contributed by atoms with E-state index >= 15 is 0 Å². The summed E-state index contributed by atoms with van der Waals surface area (Å²) in [5.74, 6) is -0.372. The Balaban J connectivity index is 1.86. The first kappa shape index (κ1) is 22.3. The average Bonchev–Trinajstić information content (AvgIpc) is 3.08. The highest BCUT2D eigenvalue weighted by molar-refractivity contribution is 6.00. The van der Waals surface area contributed by atoms with Gasteiger partial charge in [0.25, 0.3) is 0 Å². The molecule has 0 saturated heterocycles. The zero-order chi connectivity index (χ0) is 23.1. The number of aryl methyl sites for hydroxylation is 1. The van der Waals surface area contributed by atoms with Gasteiger partial charge in [-0.2, -0.15) is 5.26 Å². The van der Waals surface area contributed by atoms with Crippen LogP contribution in [0.5, 0.6) is 0 Å². The van der Waals surface area contributed by atoms with Crippen molar-refractivity contribution in [3.8, 4) is 6.07 Å². The van der Waals surface area contributed by atoms with Gasteiger partial charge in [-0.25, -0.2) is 9.78 Å². The molecule has 4 amide bonds. The molecule has 1 aromatic heterocycles. The smallest absolute Gasteiger partial charge is 0.326 e. The van der Waals surface area contributed by atoms with Gasteiger partial charge in [0.2, 0.25) is 17.8 Å². The molecule has 2 aromatic carbocycles. The van der Waals surface area contributed by atoms with E-state index < -0.39 is 11.9 Å². The summed E-state index contributed by atoms with van der Waals surface area (Å²) in [6, 6.07) is 13.1. The Morgan fingerprint density at radius 3 is 2.56 bits per heavy atom. The van der Waals surface area contributed by atoms with Crippen LogP contribution in [0.25, 0.3) is 11.0 Å². The third-order valence-corrected chi connectivity index (χ3v) is 4.57. The first-order valence-corrected chi connectivity index (χ1v) is 10.1. The minimum absolute atomic E-state index is 0.0565. The van der Waals surface area contributed by atoms with Crippen LogP contribution in [0.15, 0.2) is 42.5 Å². The molecular formula is C22H23N7O3. The van der Waals surface area contributed by atoms with E-state index in [1.54, 1.807) is 47.0 Å². The largest absolute Gasteiger partial charge is 0.370 e. The van der Waals surface area contributed by atoms with Crippen LogP contribution in [0.1, 0.15) is 31.7 Å². The lowest BCUT2D eigenvalue weighted by molar-refractivity contribution is -0.118. The maximum absolute atomic E-state index is 12.5. The number of imidazole rings is 1.